The number of hydrogen-bond donors (Lipinski definition) is 0. The SMILES string of the molecule is CC(C)=C[C@@H](C(=O)c1ccc(-c2ccccc2)cc1)[C@@H](CC(=O)c1ccc(-c2ccccc2)cc1)C(C)C. The minimum Gasteiger partial charge on any atom is -0.294 e. The molecule has 38 heavy (non-hydrogen) atoms. The van der Waals surface area contributed by atoms with Gasteiger partial charge < -0.3 is 0 Å². The molecule has 2 heteroatoms. The molecule has 0 aliphatic rings. The van der Waals surface area contributed by atoms with Crippen molar-refractivity contribution in [2.45, 2.75) is 34.1 Å². The minimum absolute atomic E-state index is 0.0664. The lowest BCUT2D eigenvalue weighted by molar-refractivity contribution is 0.0839. The van der Waals surface area contributed by atoms with Crippen LogP contribution < -0.4 is 0 Å². The number of benzene rings is 4. The smallest absolute Gasteiger partial charge is 0.170 e. The lowest BCUT2D eigenvalue weighted by atomic mass is 9.75. The molecule has 0 saturated carbocycles. The van der Waals surface area contributed by atoms with E-state index in [0.29, 0.717) is 17.5 Å². The Morgan fingerprint density at radius 2 is 1.03 bits per heavy atom. The summed E-state index contributed by atoms with van der Waals surface area (Å²) in [5.74, 6) is -0.169. The standard InChI is InChI=1S/C36H36O2/c1-25(2)23-34(36(38)32-21-17-30(18-22-32)28-13-9-6-10-14-28)33(26(3)4)24-35(37)31-19-15-29(16-20-31)27-11-7-5-8-12-27/h5-23,26,33-34H,24H2,1-4H3/t33-,34+/m0/s1. The molecule has 2 nitrogen and oxygen atoms in total. The van der Waals surface area contributed by atoms with Gasteiger partial charge in [0.2, 0.25) is 0 Å². The number of ketones is 2. The van der Waals surface area contributed by atoms with Crippen LogP contribution in [0, 0.1) is 17.8 Å². The Labute approximate surface area is 227 Å². The van der Waals surface area contributed by atoms with Crippen LogP contribution in [-0.2, 0) is 0 Å². The Hall–Kier alpha value is -4.04. The fourth-order valence-corrected chi connectivity index (χ4v) is 4.99. The van der Waals surface area contributed by atoms with Gasteiger partial charge in [-0.3, -0.25) is 9.59 Å². The highest BCUT2D eigenvalue weighted by Gasteiger charge is 2.31. The van der Waals surface area contributed by atoms with Gasteiger partial charge in [-0.05, 0) is 47.9 Å². The van der Waals surface area contributed by atoms with Gasteiger partial charge in [0.25, 0.3) is 0 Å². The predicted molar refractivity (Wildman–Crippen MR) is 158 cm³/mol. The fraction of sp³-hybridized carbons (Fsp3) is 0.222. The van der Waals surface area contributed by atoms with Crippen LogP contribution >= 0.6 is 0 Å². The lowest BCUT2D eigenvalue weighted by Crippen LogP contribution is -2.29. The molecular weight excluding hydrogens is 464 g/mol. The molecule has 0 saturated heterocycles. The predicted octanol–water partition coefficient (Wildman–Crippen LogP) is 9.33. The van der Waals surface area contributed by atoms with E-state index in [9.17, 15) is 9.59 Å². The molecule has 2 atom stereocenters. The van der Waals surface area contributed by atoms with E-state index in [1.807, 2.05) is 105 Å². The van der Waals surface area contributed by atoms with E-state index in [1.165, 1.54) is 0 Å². The first-order valence-electron chi connectivity index (χ1n) is 13.4. The van der Waals surface area contributed by atoms with E-state index in [2.05, 4.69) is 38.1 Å². The summed E-state index contributed by atoms with van der Waals surface area (Å²) >= 11 is 0. The molecule has 0 unspecified atom stereocenters. The van der Waals surface area contributed by atoms with Crippen LogP contribution in [0.5, 0.6) is 0 Å². The molecule has 0 spiro atoms. The fourth-order valence-electron chi connectivity index (χ4n) is 4.99. The van der Waals surface area contributed by atoms with Gasteiger partial charge in [0.05, 0.1) is 0 Å². The zero-order valence-electron chi connectivity index (χ0n) is 22.7. The molecule has 0 radical (unpaired) electrons. The maximum absolute atomic E-state index is 13.8. The Bertz CT molecular complexity index is 1380. The first-order chi connectivity index (χ1) is 18.3. The van der Waals surface area contributed by atoms with E-state index in [4.69, 9.17) is 0 Å². The summed E-state index contributed by atoms with van der Waals surface area (Å²) in [7, 11) is 0. The summed E-state index contributed by atoms with van der Waals surface area (Å²) in [5, 5.41) is 0. The Balaban J connectivity index is 1.56. The summed E-state index contributed by atoms with van der Waals surface area (Å²) in [4.78, 5) is 27.3. The van der Waals surface area contributed by atoms with Gasteiger partial charge in [0, 0.05) is 23.5 Å². The van der Waals surface area contributed by atoms with Gasteiger partial charge >= 0.3 is 0 Å². The molecule has 0 N–H and O–H groups in total. The monoisotopic (exact) mass is 500 g/mol. The third kappa shape index (κ3) is 6.63. The van der Waals surface area contributed by atoms with E-state index in [1.54, 1.807) is 0 Å². The number of Topliss-reactive ketones (excluding diaryl/α,β-unsaturated/α-hetero) is 2. The maximum Gasteiger partial charge on any atom is 0.170 e. The number of allylic oxidation sites excluding steroid dienone is 2. The quantitative estimate of drug-likeness (QED) is 0.161. The number of rotatable bonds is 10. The highest BCUT2D eigenvalue weighted by atomic mass is 16.1. The Morgan fingerprint density at radius 1 is 0.605 bits per heavy atom. The number of carbonyl (C=O) groups excluding carboxylic acids is 2. The van der Waals surface area contributed by atoms with Gasteiger partial charge in [0.15, 0.2) is 11.6 Å². The van der Waals surface area contributed by atoms with Crippen LogP contribution in [0.25, 0.3) is 22.3 Å². The molecule has 4 aromatic carbocycles. The zero-order chi connectivity index (χ0) is 27.1. The van der Waals surface area contributed by atoms with Crippen molar-refractivity contribution in [1.82, 2.24) is 0 Å². The van der Waals surface area contributed by atoms with E-state index < -0.39 is 0 Å². The number of carbonyl (C=O) groups is 2. The molecular formula is C36H36O2. The van der Waals surface area contributed by atoms with Crippen molar-refractivity contribution in [2.24, 2.45) is 17.8 Å². The first kappa shape index (κ1) is 27.0. The highest BCUT2D eigenvalue weighted by Crippen LogP contribution is 2.32. The van der Waals surface area contributed by atoms with Gasteiger partial charge in [0.1, 0.15) is 0 Å². The average molecular weight is 501 g/mol. The van der Waals surface area contributed by atoms with Crippen LogP contribution in [0.2, 0.25) is 0 Å². The van der Waals surface area contributed by atoms with Crippen molar-refractivity contribution >= 4 is 11.6 Å². The highest BCUT2D eigenvalue weighted by molar-refractivity contribution is 6.01. The van der Waals surface area contributed by atoms with Gasteiger partial charge in [-0.25, -0.2) is 0 Å². The third-order valence-electron chi connectivity index (χ3n) is 7.14. The van der Waals surface area contributed by atoms with Crippen LogP contribution in [0.4, 0.5) is 0 Å². The van der Waals surface area contributed by atoms with Crippen molar-refractivity contribution in [1.29, 1.82) is 0 Å². The van der Waals surface area contributed by atoms with Crippen LogP contribution in [-0.4, -0.2) is 11.6 Å². The van der Waals surface area contributed by atoms with Crippen LogP contribution in [0.3, 0.4) is 0 Å². The normalized spacial score (nSPS) is 12.6. The second-order valence-electron chi connectivity index (χ2n) is 10.6. The second kappa shape index (κ2) is 12.5. The summed E-state index contributed by atoms with van der Waals surface area (Å²) in [5.41, 5.74) is 6.85. The molecule has 0 bridgehead atoms. The maximum atomic E-state index is 13.8. The summed E-state index contributed by atoms with van der Waals surface area (Å²) < 4.78 is 0. The molecule has 0 aliphatic carbocycles. The summed E-state index contributed by atoms with van der Waals surface area (Å²) in [6.45, 7) is 8.24. The van der Waals surface area contributed by atoms with Gasteiger partial charge in [-0.1, -0.05) is 135 Å². The molecule has 0 aromatic heterocycles. The lowest BCUT2D eigenvalue weighted by Gasteiger charge is -2.27. The molecule has 0 aliphatic heterocycles. The van der Waals surface area contributed by atoms with Crippen LogP contribution in [0.15, 0.2) is 121 Å². The largest absolute Gasteiger partial charge is 0.294 e. The Kier molecular flexibility index (Phi) is 8.86. The summed E-state index contributed by atoms with van der Waals surface area (Å²) in [6, 6.07) is 35.9. The Morgan fingerprint density at radius 3 is 1.45 bits per heavy atom. The van der Waals surface area contributed by atoms with Gasteiger partial charge in [-0.2, -0.15) is 0 Å². The number of hydrogen-bond acceptors (Lipinski definition) is 2. The molecule has 0 amide bonds. The first-order valence-corrected chi connectivity index (χ1v) is 13.4. The molecule has 4 aromatic rings. The zero-order valence-corrected chi connectivity index (χ0v) is 22.7. The molecule has 4 rings (SSSR count). The van der Waals surface area contributed by atoms with Crippen molar-refractivity contribution in [3.63, 3.8) is 0 Å². The van der Waals surface area contributed by atoms with Gasteiger partial charge in [-0.15, -0.1) is 0 Å². The molecule has 0 heterocycles. The van der Waals surface area contributed by atoms with E-state index in [-0.39, 0.29) is 29.3 Å². The van der Waals surface area contributed by atoms with Crippen molar-refractivity contribution in [3.8, 4) is 22.3 Å². The van der Waals surface area contributed by atoms with E-state index in [0.717, 1.165) is 27.8 Å². The minimum atomic E-state index is -0.366. The van der Waals surface area contributed by atoms with Crippen molar-refractivity contribution < 1.29 is 9.59 Å². The van der Waals surface area contributed by atoms with Crippen molar-refractivity contribution in [3.05, 3.63) is 132 Å². The summed E-state index contributed by atoms with van der Waals surface area (Å²) in [6.07, 6.45) is 2.37. The second-order valence-corrected chi connectivity index (χ2v) is 10.6. The van der Waals surface area contributed by atoms with Crippen molar-refractivity contribution in [2.75, 3.05) is 0 Å². The topological polar surface area (TPSA) is 34.1 Å². The average Bonchev–Trinajstić information content (AvgIpc) is 2.95. The molecule has 0 fully saturated rings. The molecule has 192 valence electrons. The van der Waals surface area contributed by atoms with Crippen LogP contribution in [0.1, 0.15) is 54.8 Å². The van der Waals surface area contributed by atoms with E-state index >= 15 is 0 Å². The third-order valence-corrected chi connectivity index (χ3v) is 7.14.